The Morgan fingerprint density at radius 3 is 2.73 bits per heavy atom. The van der Waals surface area contributed by atoms with Gasteiger partial charge in [0.2, 0.25) is 0 Å². The fourth-order valence-corrected chi connectivity index (χ4v) is 3.78. The lowest BCUT2D eigenvalue weighted by molar-refractivity contribution is -0.384. The van der Waals surface area contributed by atoms with E-state index in [-0.39, 0.29) is 5.69 Å². The number of nitrogens with zero attached hydrogens (tertiary/aromatic N) is 4. The molecule has 0 fully saturated rings. The Hall–Kier alpha value is -4.12. The highest BCUT2D eigenvalue weighted by atomic mass is 16.6. The lowest BCUT2D eigenvalue weighted by Gasteiger charge is -2.19. The first-order chi connectivity index (χ1) is 14.5. The summed E-state index contributed by atoms with van der Waals surface area (Å²) in [6.07, 6.45) is 0.655. The molecular formula is C22H19N5O3. The van der Waals surface area contributed by atoms with E-state index in [1.165, 1.54) is 19.2 Å². The van der Waals surface area contributed by atoms with Gasteiger partial charge in [-0.15, -0.1) is 0 Å². The van der Waals surface area contributed by atoms with E-state index in [1.807, 2.05) is 42.5 Å². The SMILES string of the molecule is CCc1c(C)c(C#N)c2nc3ccccc3n2c1Nc1cc([N+](=O)[O-])ccc1OC. The number of nitrogens with one attached hydrogen (secondary N) is 1. The van der Waals surface area contributed by atoms with Crippen LogP contribution in [0.5, 0.6) is 5.75 Å². The van der Waals surface area contributed by atoms with E-state index in [4.69, 9.17) is 4.74 Å². The fourth-order valence-electron chi connectivity index (χ4n) is 3.78. The van der Waals surface area contributed by atoms with Gasteiger partial charge in [0.1, 0.15) is 17.6 Å². The minimum atomic E-state index is -0.447. The van der Waals surface area contributed by atoms with Crippen molar-refractivity contribution >= 4 is 33.9 Å². The summed E-state index contributed by atoms with van der Waals surface area (Å²) >= 11 is 0. The van der Waals surface area contributed by atoms with Crippen LogP contribution in [0.15, 0.2) is 42.5 Å². The van der Waals surface area contributed by atoms with Gasteiger partial charge in [-0.1, -0.05) is 19.1 Å². The first-order valence-electron chi connectivity index (χ1n) is 9.42. The summed E-state index contributed by atoms with van der Waals surface area (Å²) < 4.78 is 7.32. The number of hydrogen-bond donors (Lipinski definition) is 1. The predicted molar refractivity (Wildman–Crippen MR) is 114 cm³/mol. The number of non-ortho nitro benzene ring substituents is 1. The molecule has 2 aromatic heterocycles. The molecule has 0 radical (unpaired) electrons. The Labute approximate surface area is 172 Å². The minimum Gasteiger partial charge on any atom is -0.495 e. The number of ether oxygens (including phenoxy) is 1. The molecule has 2 heterocycles. The van der Waals surface area contributed by atoms with E-state index in [2.05, 4.69) is 16.4 Å². The zero-order chi connectivity index (χ0) is 21.4. The average molecular weight is 401 g/mol. The van der Waals surface area contributed by atoms with Crippen LogP contribution in [0.25, 0.3) is 16.7 Å². The number of pyridine rings is 1. The quantitative estimate of drug-likeness (QED) is 0.377. The Balaban J connectivity index is 2.08. The van der Waals surface area contributed by atoms with Gasteiger partial charge < -0.3 is 10.1 Å². The molecule has 0 aliphatic heterocycles. The van der Waals surface area contributed by atoms with Crippen molar-refractivity contribution in [3.8, 4) is 11.8 Å². The molecule has 1 N–H and O–H groups in total. The molecule has 8 heteroatoms. The predicted octanol–water partition coefficient (Wildman–Crippen LogP) is 4.89. The van der Waals surface area contributed by atoms with Crippen LogP contribution in [0.4, 0.5) is 17.2 Å². The third-order valence-electron chi connectivity index (χ3n) is 5.23. The molecule has 0 atom stereocenters. The van der Waals surface area contributed by atoms with Gasteiger partial charge >= 0.3 is 0 Å². The third-order valence-corrected chi connectivity index (χ3v) is 5.23. The van der Waals surface area contributed by atoms with Crippen LogP contribution < -0.4 is 10.1 Å². The summed E-state index contributed by atoms with van der Waals surface area (Å²) in [7, 11) is 1.51. The van der Waals surface area contributed by atoms with Crippen molar-refractivity contribution in [3.05, 3.63) is 69.3 Å². The van der Waals surface area contributed by atoms with Crippen LogP contribution >= 0.6 is 0 Å². The number of imidazole rings is 1. The highest BCUT2D eigenvalue weighted by molar-refractivity contribution is 5.87. The number of nitriles is 1. The lowest BCUT2D eigenvalue weighted by atomic mass is 10.0. The monoisotopic (exact) mass is 401 g/mol. The van der Waals surface area contributed by atoms with E-state index in [9.17, 15) is 15.4 Å². The number of para-hydroxylation sites is 2. The number of nitro benzene ring substituents is 1. The van der Waals surface area contributed by atoms with E-state index in [0.717, 1.165) is 22.2 Å². The van der Waals surface area contributed by atoms with Gasteiger partial charge in [-0.25, -0.2) is 4.98 Å². The molecule has 0 saturated heterocycles. The number of aromatic nitrogens is 2. The van der Waals surface area contributed by atoms with Crippen molar-refractivity contribution in [2.24, 2.45) is 0 Å². The summed E-state index contributed by atoms with van der Waals surface area (Å²) in [5.41, 5.74) is 4.82. The van der Waals surface area contributed by atoms with Crippen molar-refractivity contribution in [1.29, 1.82) is 5.26 Å². The normalized spacial score (nSPS) is 10.9. The summed E-state index contributed by atoms with van der Waals surface area (Å²) in [6, 6.07) is 14.3. The van der Waals surface area contributed by atoms with Crippen molar-refractivity contribution in [3.63, 3.8) is 0 Å². The van der Waals surface area contributed by atoms with E-state index >= 15 is 0 Å². The molecule has 30 heavy (non-hydrogen) atoms. The summed E-state index contributed by atoms with van der Waals surface area (Å²) in [4.78, 5) is 15.5. The maximum Gasteiger partial charge on any atom is 0.271 e. The molecule has 0 unspecified atom stereocenters. The molecule has 0 aliphatic rings. The molecule has 4 rings (SSSR count). The molecule has 0 spiro atoms. The van der Waals surface area contributed by atoms with Gasteiger partial charge in [0.05, 0.1) is 34.3 Å². The second-order valence-corrected chi connectivity index (χ2v) is 6.82. The smallest absolute Gasteiger partial charge is 0.271 e. The first-order valence-corrected chi connectivity index (χ1v) is 9.42. The second kappa shape index (κ2) is 7.37. The molecule has 8 nitrogen and oxygen atoms in total. The second-order valence-electron chi connectivity index (χ2n) is 6.82. The van der Waals surface area contributed by atoms with Gasteiger partial charge in [0.15, 0.2) is 5.65 Å². The lowest BCUT2D eigenvalue weighted by Crippen LogP contribution is -2.08. The standard InChI is InChI=1S/C22H19N5O3/c1-4-15-13(2)16(12-23)22-24-17-7-5-6-8-19(17)26(22)21(15)25-18-11-14(27(28)29)9-10-20(18)30-3/h5-11,25H,4H2,1-3H3. The van der Waals surface area contributed by atoms with Crippen molar-refractivity contribution in [2.75, 3.05) is 12.4 Å². The molecule has 0 saturated carbocycles. The van der Waals surface area contributed by atoms with Gasteiger partial charge in [-0.2, -0.15) is 5.26 Å². The summed E-state index contributed by atoms with van der Waals surface area (Å²) in [6.45, 7) is 3.90. The number of hydrogen-bond acceptors (Lipinski definition) is 6. The Bertz CT molecular complexity index is 1350. The summed E-state index contributed by atoms with van der Waals surface area (Å²) in [5.74, 6) is 1.18. The van der Waals surface area contributed by atoms with Gasteiger partial charge in [0, 0.05) is 12.1 Å². The molecule has 0 amide bonds. The molecular weight excluding hydrogens is 382 g/mol. The zero-order valence-corrected chi connectivity index (χ0v) is 16.8. The van der Waals surface area contributed by atoms with Crippen LogP contribution in [0.2, 0.25) is 0 Å². The molecule has 0 bridgehead atoms. The summed E-state index contributed by atoms with van der Waals surface area (Å²) in [5, 5.41) is 24.4. The van der Waals surface area contributed by atoms with Crippen LogP contribution in [0.3, 0.4) is 0 Å². The van der Waals surface area contributed by atoms with Crippen LogP contribution in [-0.4, -0.2) is 21.4 Å². The third kappa shape index (κ3) is 2.88. The number of anilines is 2. The Morgan fingerprint density at radius 1 is 1.30 bits per heavy atom. The number of benzene rings is 2. The van der Waals surface area contributed by atoms with E-state index in [0.29, 0.717) is 34.9 Å². The fraction of sp³-hybridized carbons (Fsp3) is 0.182. The van der Waals surface area contributed by atoms with Crippen LogP contribution in [0.1, 0.15) is 23.6 Å². The van der Waals surface area contributed by atoms with Crippen LogP contribution in [-0.2, 0) is 6.42 Å². The Morgan fingerprint density at radius 2 is 2.07 bits per heavy atom. The number of methoxy groups -OCH3 is 1. The van der Waals surface area contributed by atoms with Crippen molar-refractivity contribution in [1.82, 2.24) is 9.38 Å². The highest BCUT2D eigenvalue weighted by Gasteiger charge is 2.21. The van der Waals surface area contributed by atoms with E-state index in [1.54, 1.807) is 6.07 Å². The first kappa shape index (κ1) is 19.2. The van der Waals surface area contributed by atoms with Gasteiger partial charge in [0.25, 0.3) is 5.69 Å². The number of rotatable bonds is 5. The molecule has 150 valence electrons. The van der Waals surface area contributed by atoms with E-state index < -0.39 is 4.92 Å². The average Bonchev–Trinajstić information content (AvgIpc) is 3.13. The maximum atomic E-state index is 11.3. The maximum absolute atomic E-state index is 11.3. The molecule has 4 aromatic rings. The molecule has 0 aliphatic carbocycles. The van der Waals surface area contributed by atoms with Crippen LogP contribution in [0, 0.1) is 28.4 Å². The topological polar surface area (TPSA) is 105 Å². The number of nitro groups is 1. The molecule has 2 aromatic carbocycles. The van der Waals surface area contributed by atoms with Gasteiger partial charge in [-0.3, -0.25) is 14.5 Å². The van der Waals surface area contributed by atoms with Crippen molar-refractivity contribution < 1.29 is 9.66 Å². The highest BCUT2D eigenvalue weighted by Crippen LogP contribution is 2.36. The Kier molecular flexibility index (Phi) is 4.72. The number of fused-ring (bicyclic) bond motifs is 3. The zero-order valence-electron chi connectivity index (χ0n) is 16.8. The van der Waals surface area contributed by atoms with Crippen molar-refractivity contribution in [2.45, 2.75) is 20.3 Å². The largest absolute Gasteiger partial charge is 0.495 e. The van der Waals surface area contributed by atoms with Gasteiger partial charge in [-0.05, 0) is 42.7 Å². The minimum absolute atomic E-state index is 0.0477.